The summed E-state index contributed by atoms with van der Waals surface area (Å²) in [4.78, 5) is 10.5. The molecule has 1 aromatic heterocycles. The average molecular weight is 652 g/mol. The lowest BCUT2D eigenvalue weighted by Crippen LogP contribution is -2.36. The van der Waals surface area contributed by atoms with Crippen LogP contribution < -0.4 is 5.32 Å². The molecule has 1 unspecified atom stereocenters. The van der Waals surface area contributed by atoms with Gasteiger partial charge in [0.15, 0.2) is 6.17 Å². The number of aliphatic imine (C=N–C) groups is 2. The van der Waals surface area contributed by atoms with Gasteiger partial charge in [-0.2, -0.15) is 5.26 Å². The van der Waals surface area contributed by atoms with Gasteiger partial charge in [0.05, 0.1) is 22.7 Å². The number of amidine groups is 2. The SMILES string of the molecule is N#Cc1ccc2c3ccccc3c3ccc(C4=NC(c5cccc(-n6c7ccccc7c7ccccc76)c5)N=C(c5ccccc5)N4)cc3c2c1. The number of nitriles is 1. The Balaban J connectivity index is 1.16. The lowest BCUT2D eigenvalue weighted by molar-refractivity contribution is 0.755. The van der Waals surface area contributed by atoms with Crippen molar-refractivity contribution >= 4 is 65.8 Å². The van der Waals surface area contributed by atoms with Gasteiger partial charge in [-0.25, -0.2) is 9.98 Å². The predicted molar refractivity (Wildman–Crippen MR) is 210 cm³/mol. The third kappa shape index (κ3) is 4.69. The van der Waals surface area contributed by atoms with E-state index in [2.05, 4.69) is 149 Å². The molecular weight excluding hydrogens is 623 g/mol. The van der Waals surface area contributed by atoms with Crippen LogP contribution in [0.15, 0.2) is 174 Å². The molecule has 5 heteroatoms. The molecule has 2 heterocycles. The summed E-state index contributed by atoms with van der Waals surface area (Å²) < 4.78 is 2.33. The molecule has 238 valence electrons. The normalized spacial score (nSPS) is 14.5. The van der Waals surface area contributed by atoms with Crippen molar-refractivity contribution in [1.82, 2.24) is 9.88 Å². The first-order chi connectivity index (χ1) is 25.2. The van der Waals surface area contributed by atoms with Crippen LogP contribution in [0.2, 0.25) is 0 Å². The highest BCUT2D eigenvalue weighted by atomic mass is 15.2. The maximum atomic E-state index is 9.81. The van der Waals surface area contributed by atoms with E-state index in [9.17, 15) is 5.26 Å². The van der Waals surface area contributed by atoms with Crippen LogP contribution in [-0.2, 0) is 0 Å². The highest BCUT2D eigenvalue weighted by molar-refractivity contribution is 6.27. The molecule has 1 N–H and O–H groups in total. The maximum absolute atomic E-state index is 9.81. The summed E-state index contributed by atoms with van der Waals surface area (Å²) in [7, 11) is 0. The second-order valence-electron chi connectivity index (χ2n) is 13.0. The number of nitrogens with one attached hydrogen (secondary N) is 1. The Morgan fingerprint density at radius 2 is 1.04 bits per heavy atom. The van der Waals surface area contributed by atoms with Crippen molar-refractivity contribution in [3.63, 3.8) is 0 Å². The van der Waals surface area contributed by atoms with Gasteiger partial charge in [-0.05, 0) is 74.8 Å². The van der Waals surface area contributed by atoms with E-state index in [0.717, 1.165) is 66.6 Å². The molecule has 0 saturated carbocycles. The first-order valence-corrected chi connectivity index (χ1v) is 17.1. The van der Waals surface area contributed by atoms with Crippen LogP contribution in [0.1, 0.15) is 28.4 Å². The molecular formula is C46H29N5. The number of hydrogen-bond donors (Lipinski definition) is 1. The molecule has 0 aliphatic carbocycles. The molecule has 0 saturated heterocycles. The Morgan fingerprint density at radius 3 is 1.73 bits per heavy atom. The topological polar surface area (TPSA) is 65.5 Å². The van der Waals surface area contributed by atoms with Crippen LogP contribution in [0.4, 0.5) is 0 Å². The summed E-state index contributed by atoms with van der Waals surface area (Å²) in [6.45, 7) is 0. The van der Waals surface area contributed by atoms with Crippen molar-refractivity contribution in [2.24, 2.45) is 9.98 Å². The standard InChI is InChI=1S/C46H29N5/c47-28-29-21-23-36-34-15-4-5-16-35(34)37-24-22-32(27-41(37)40(36)25-29)46-49-44(30-11-2-1-3-12-30)48-45(50-46)31-13-10-14-33(26-31)51-42-19-8-6-17-38(42)39-18-7-9-20-43(39)51/h1-27,45H,(H,48,49,50). The summed E-state index contributed by atoms with van der Waals surface area (Å²) in [5.74, 6) is 1.51. The van der Waals surface area contributed by atoms with Crippen LogP contribution in [-0.4, -0.2) is 16.2 Å². The van der Waals surface area contributed by atoms with Crippen molar-refractivity contribution in [3.8, 4) is 11.8 Å². The molecule has 5 nitrogen and oxygen atoms in total. The van der Waals surface area contributed by atoms with E-state index in [-0.39, 0.29) is 0 Å². The zero-order chi connectivity index (χ0) is 33.9. The van der Waals surface area contributed by atoms with Crippen LogP contribution >= 0.6 is 0 Å². The van der Waals surface area contributed by atoms with Crippen LogP contribution in [0.3, 0.4) is 0 Å². The summed E-state index contributed by atoms with van der Waals surface area (Å²) in [5, 5.41) is 22.6. The van der Waals surface area contributed by atoms with Crippen LogP contribution in [0.25, 0.3) is 59.8 Å². The number of fused-ring (bicyclic) bond motifs is 9. The molecule has 10 rings (SSSR count). The lowest BCUT2D eigenvalue weighted by Gasteiger charge is -2.23. The second-order valence-corrected chi connectivity index (χ2v) is 13.0. The third-order valence-electron chi connectivity index (χ3n) is 10.0. The molecule has 0 spiro atoms. The van der Waals surface area contributed by atoms with Gasteiger partial charge in [-0.15, -0.1) is 0 Å². The summed E-state index contributed by atoms with van der Waals surface area (Å²) in [5.41, 5.74) is 6.97. The highest BCUT2D eigenvalue weighted by Gasteiger charge is 2.22. The van der Waals surface area contributed by atoms with Gasteiger partial charge in [0, 0.05) is 33.2 Å². The minimum atomic E-state index is -0.473. The summed E-state index contributed by atoms with van der Waals surface area (Å²) in [6.07, 6.45) is -0.473. The van der Waals surface area contributed by atoms with Gasteiger partial charge >= 0.3 is 0 Å². The van der Waals surface area contributed by atoms with Crippen LogP contribution in [0, 0.1) is 11.3 Å². The molecule has 8 aromatic carbocycles. The van der Waals surface area contributed by atoms with Crippen LogP contribution in [0.5, 0.6) is 0 Å². The Kier molecular flexibility index (Phi) is 6.55. The number of nitrogens with zero attached hydrogens (tertiary/aromatic N) is 4. The largest absolute Gasteiger partial charge is 0.324 e. The molecule has 1 aliphatic heterocycles. The number of aromatic nitrogens is 1. The second kappa shape index (κ2) is 11.5. The van der Waals surface area contributed by atoms with E-state index in [1.807, 2.05) is 30.3 Å². The molecule has 0 bridgehead atoms. The van der Waals surface area contributed by atoms with Gasteiger partial charge in [0.1, 0.15) is 11.7 Å². The number of para-hydroxylation sites is 2. The van der Waals surface area contributed by atoms with E-state index in [1.165, 1.54) is 21.5 Å². The third-order valence-corrected chi connectivity index (χ3v) is 10.0. The molecule has 0 amide bonds. The Morgan fingerprint density at radius 1 is 0.471 bits per heavy atom. The number of benzene rings is 8. The van der Waals surface area contributed by atoms with Crippen molar-refractivity contribution in [3.05, 3.63) is 186 Å². The fourth-order valence-corrected chi connectivity index (χ4v) is 7.69. The fraction of sp³-hybridized carbons (Fsp3) is 0.0217. The fourth-order valence-electron chi connectivity index (χ4n) is 7.69. The first-order valence-electron chi connectivity index (χ1n) is 17.1. The van der Waals surface area contributed by atoms with Gasteiger partial charge < -0.3 is 9.88 Å². The molecule has 0 fully saturated rings. The summed E-state index contributed by atoms with van der Waals surface area (Å²) >= 11 is 0. The molecule has 1 atom stereocenters. The Labute approximate surface area is 294 Å². The van der Waals surface area contributed by atoms with E-state index in [4.69, 9.17) is 9.98 Å². The maximum Gasteiger partial charge on any atom is 0.169 e. The number of hydrogen-bond acceptors (Lipinski definition) is 4. The van der Waals surface area contributed by atoms with E-state index in [0.29, 0.717) is 5.56 Å². The lowest BCUT2D eigenvalue weighted by atomic mass is 9.92. The molecule has 1 aliphatic rings. The first kappa shape index (κ1) is 28.9. The monoisotopic (exact) mass is 651 g/mol. The molecule has 51 heavy (non-hydrogen) atoms. The van der Waals surface area contributed by atoms with Crippen molar-refractivity contribution < 1.29 is 0 Å². The minimum Gasteiger partial charge on any atom is -0.324 e. The number of rotatable bonds is 4. The average Bonchev–Trinajstić information content (AvgIpc) is 3.55. The van der Waals surface area contributed by atoms with Crippen molar-refractivity contribution in [2.45, 2.75) is 6.17 Å². The zero-order valence-electron chi connectivity index (χ0n) is 27.5. The van der Waals surface area contributed by atoms with Crippen molar-refractivity contribution in [1.29, 1.82) is 5.26 Å². The smallest absolute Gasteiger partial charge is 0.169 e. The summed E-state index contributed by atoms with van der Waals surface area (Å²) in [6, 6.07) is 59.3. The minimum absolute atomic E-state index is 0.473. The zero-order valence-corrected chi connectivity index (χ0v) is 27.5. The van der Waals surface area contributed by atoms with E-state index >= 15 is 0 Å². The van der Waals surface area contributed by atoms with Gasteiger partial charge in [-0.1, -0.05) is 121 Å². The quantitative estimate of drug-likeness (QED) is 0.193. The van der Waals surface area contributed by atoms with E-state index in [1.54, 1.807) is 0 Å². The highest BCUT2D eigenvalue weighted by Crippen LogP contribution is 2.37. The van der Waals surface area contributed by atoms with Gasteiger partial charge in [-0.3, -0.25) is 0 Å². The van der Waals surface area contributed by atoms with E-state index < -0.39 is 6.17 Å². The predicted octanol–water partition coefficient (Wildman–Crippen LogP) is 10.6. The Bertz CT molecular complexity index is 2910. The van der Waals surface area contributed by atoms with Gasteiger partial charge in [0.25, 0.3) is 0 Å². The van der Waals surface area contributed by atoms with Crippen molar-refractivity contribution in [2.75, 3.05) is 0 Å². The van der Waals surface area contributed by atoms with Gasteiger partial charge in [0.2, 0.25) is 0 Å². The molecule has 0 radical (unpaired) electrons. The Hall–Kier alpha value is -7.03. The molecule has 9 aromatic rings.